The molecule has 1 aliphatic carbocycles. The van der Waals surface area contributed by atoms with Gasteiger partial charge in [-0.2, -0.15) is 9.97 Å². The summed E-state index contributed by atoms with van der Waals surface area (Å²) in [7, 11) is 2.86. The van der Waals surface area contributed by atoms with Gasteiger partial charge in [0.25, 0.3) is 0 Å². The maximum absolute atomic E-state index is 13.4. The number of aromatic nitrogens is 8. The summed E-state index contributed by atoms with van der Waals surface area (Å²) in [6, 6.07) is 16.4. The van der Waals surface area contributed by atoms with Crippen molar-refractivity contribution in [2.24, 2.45) is 11.8 Å². The number of imidazole rings is 1. The monoisotopic (exact) mass is 1010 g/mol. The number of hydrogen-bond acceptors (Lipinski definition) is 24. The number of aliphatic hydroxyl groups is 2. The van der Waals surface area contributed by atoms with Gasteiger partial charge in [0, 0.05) is 17.4 Å². The third-order valence-corrected chi connectivity index (χ3v) is 13.0. The van der Waals surface area contributed by atoms with Crippen LogP contribution in [0.5, 0.6) is 28.7 Å². The number of hydrogen-bond donors (Lipinski definition) is 9. The van der Waals surface area contributed by atoms with Gasteiger partial charge in [0.15, 0.2) is 68.7 Å². The summed E-state index contributed by atoms with van der Waals surface area (Å²) in [6.07, 6.45) is -5.26. The number of esters is 1. The first-order valence-corrected chi connectivity index (χ1v) is 22.7. The maximum Gasteiger partial charge on any atom is 0.310 e. The highest BCUT2D eigenvalue weighted by Gasteiger charge is 2.56. The van der Waals surface area contributed by atoms with E-state index in [2.05, 4.69) is 39.9 Å². The van der Waals surface area contributed by atoms with E-state index in [0.717, 1.165) is 5.56 Å². The van der Waals surface area contributed by atoms with Gasteiger partial charge >= 0.3 is 5.97 Å². The Hall–Kier alpha value is -7.72. The molecule has 3 fully saturated rings. The van der Waals surface area contributed by atoms with Gasteiger partial charge in [0.1, 0.15) is 35.6 Å². The fraction of sp³-hybridized carbons (Fsp3) is 0.348. The number of phenolic OH excluding ortho intramolecular Hbond substituents is 1. The Morgan fingerprint density at radius 1 is 0.833 bits per heavy atom. The Bertz CT molecular complexity index is 3210. The number of aromatic amines is 2. The summed E-state index contributed by atoms with van der Waals surface area (Å²) in [5, 5.41) is 32.5. The van der Waals surface area contributed by atoms with Crippen molar-refractivity contribution < 1.29 is 62.7 Å². The van der Waals surface area contributed by atoms with Gasteiger partial charge in [0.05, 0.1) is 45.8 Å². The number of nitrogen functional groups attached to an aromatic ring is 4. The molecule has 72 heavy (non-hydrogen) atoms. The highest BCUT2D eigenvalue weighted by Crippen LogP contribution is 2.57. The number of benzene rings is 3. The second-order valence-electron chi connectivity index (χ2n) is 17.0. The molecule has 7 aromatic rings. The molecular formula is C46H48N12O13S. The molecule has 3 aromatic carbocycles. The van der Waals surface area contributed by atoms with E-state index in [4.69, 9.17) is 77.8 Å². The third kappa shape index (κ3) is 8.88. The number of methoxy groups -OCH3 is 2. The lowest BCUT2D eigenvalue weighted by molar-refractivity contribution is -0.364. The number of phenols is 1. The number of aromatic hydroxyl groups is 1. The lowest BCUT2D eigenvalue weighted by atomic mass is 9.66. The summed E-state index contributed by atoms with van der Waals surface area (Å²) in [4.78, 5) is 43.2. The number of rotatable bonds is 6. The van der Waals surface area contributed by atoms with Crippen LogP contribution < -0.4 is 41.9 Å². The van der Waals surface area contributed by atoms with Crippen LogP contribution in [0.2, 0.25) is 0 Å². The van der Waals surface area contributed by atoms with Gasteiger partial charge < -0.3 is 90.9 Å². The number of aliphatic hydroxyl groups excluding tert-OH is 2. The molecule has 8 heterocycles. The number of cyclic esters (lactones) is 1. The molecule has 0 saturated carbocycles. The fourth-order valence-electron chi connectivity index (χ4n) is 9.41. The molecule has 0 spiro atoms. The molecule has 4 aromatic heterocycles. The van der Waals surface area contributed by atoms with E-state index in [1.807, 2.05) is 30.3 Å². The number of nitrogens with zero attached hydrogens (tertiary/aromatic N) is 6. The number of fused-ring (bicyclic) bond motifs is 6. The average molecular weight is 1010 g/mol. The van der Waals surface area contributed by atoms with Crippen LogP contribution in [0.1, 0.15) is 35.6 Å². The fourth-order valence-corrected chi connectivity index (χ4v) is 9.66. The molecular weight excluding hydrogens is 961 g/mol. The van der Waals surface area contributed by atoms with Gasteiger partial charge in [-0.3, -0.25) is 4.79 Å². The van der Waals surface area contributed by atoms with E-state index in [1.54, 1.807) is 31.2 Å². The summed E-state index contributed by atoms with van der Waals surface area (Å²) >= 11 is 4.91. The Balaban J connectivity index is 0.000000161. The second-order valence-corrected chi connectivity index (χ2v) is 17.4. The SMILES string of the molecule is COc1cc([C@@H]2c3cc4c(cc3[C@@H](O[C@@H]3O[C@@H]5CO[C@@H](C)O[C@H]5[C@H](O)[C@H]3O)[C@H]3COC(=O)[C@H]23)OCO4)cc(OC)c1O.Nc1nc(=S)c2[nH]cnc2[nH]1.Nc1nc(N)c2nc(-c3ccccc3)c(N)nc2n1. The molecule has 3 saturated heterocycles. The summed E-state index contributed by atoms with van der Waals surface area (Å²) < 4.78 is 52.0. The van der Waals surface area contributed by atoms with Crippen LogP contribution in [0.25, 0.3) is 33.6 Å². The van der Waals surface area contributed by atoms with Crippen molar-refractivity contribution >= 4 is 64.0 Å². The number of nitrogens with one attached hydrogen (secondary N) is 2. The number of H-pyrrole nitrogens is 2. The topological polar surface area (TPSA) is 374 Å². The Morgan fingerprint density at radius 2 is 1.56 bits per heavy atom. The van der Waals surface area contributed by atoms with Crippen LogP contribution in [0.4, 0.5) is 23.5 Å². The predicted octanol–water partition coefficient (Wildman–Crippen LogP) is 2.77. The molecule has 0 amide bonds. The van der Waals surface area contributed by atoms with E-state index < -0.39 is 66.8 Å². The molecule has 26 heteroatoms. The maximum atomic E-state index is 13.4. The molecule has 0 radical (unpaired) electrons. The normalized spacial score (nSPS) is 25.7. The van der Waals surface area contributed by atoms with E-state index >= 15 is 0 Å². The standard InChI is InChI=1S/C29H32O13.C12H11N7.C5H5N5S/c1-11-36-9-20-27(40-11)24(31)25(32)29(41-20)42-26-14-7-17-16(38-10-39-17)6-13(14)21(22-15(26)8-37-28(22)33)12-4-18(34-2)23(30)19(5-12)35-3;13-9-7(6-4-2-1-3-5-6)16-8-10(14)18-12(15)19-11(8)17-9;6-5-9-3-2(4(11)10-5)7-1-8-3/h4-7,11,15,20-22,24-27,29-32H,8-10H2,1-3H3;1-5H,(H6,13,14,15,17,18,19);1H,(H4,6,7,8,9,10,11)/t11-,15+,20-,21-,22+,24-,25-,26-,27-,29+;;/m1../s1. The molecule has 0 bridgehead atoms. The lowest BCUT2D eigenvalue weighted by Gasteiger charge is -2.47. The quantitative estimate of drug-likeness (QED) is 0.0854. The van der Waals surface area contributed by atoms with Gasteiger partial charge in [-0.15, -0.1) is 0 Å². The van der Waals surface area contributed by atoms with Crippen molar-refractivity contribution in [1.82, 2.24) is 39.9 Å². The Morgan fingerprint density at radius 3 is 2.28 bits per heavy atom. The van der Waals surface area contributed by atoms with Crippen LogP contribution in [0.15, 0.2) is 60.9 Å². The average Bonchev–Trinajstić information content (AvgIpc) is 4.14. The molecule has 13 N–H and O–H groups in total. The highest BCUT2D eigenvalue weighted by atomic mass is 32.1. The molecule has 10 atom stereocenters. The van der Waals surface area contributed by atoms with Crippen molar-refractivity contribution in [1.29, 1.82) is 0 Å². The predicted molar refractivity (Wildman–Crippen MR) is 256 cm³/mol. The Kier molecular flexibility index (Phi) is 13.0. The first-order valence-electron chi connectivity index (χ1n) is 22.3. The van der Waals surface area contributed by atoms with E-state index in [1.165, 1.54) is 20.5 Å². The number of anilines is 4. The van der Waals surface area contributed by atoms with E-state index in [0.29, 0.717) is 60.9 Å². The zero-order valence-electron chi connectivity index (χ0n) is 38.5. The number of carbonyl (C=O) groups excluding carboxylic acids is 1. The van der Waals surface area contributed by atoms with Crippen LogP contribution in [0, 0.1) is 16.5 Å². The number of carbonyl (C=O) groups is 1. The summed E-state index contributed by atoms with van der Waals surface area (Å²) in [6.45, 7) is 1.93. The van der Waals surface area contributed by atoms with E-state index in [9.17, 15) is 20.1 Å². The van der Waals surface area contributed by atoms with Crippen molar-refractivity contribution in [2.45, 2.75) is 55.9 Å². The minimum absolute atomic E-state index is 0.0301. The van der Waals surface area contributed by atoms with Crippen LogP contribution >= 0.6 is 12.2 Å². The van der Waals surface area contributed by atoms with Gasteiger partial charge in [-0.05, 0) is 47.9 Å². The third-order valence-electron chi connectivity index (χ3n) is 12.7. The summed E-state index contributed by atoms with van der Waals surface area (Å²) in [5.41, 5.74) is 28.1. The van der Waals surface area contributed by atoms with E-state index in [-0.39, 0.29) is 60.8 Å². The molecule has 4 aliphatic heterocycles. The molecule has 0 unspecified atom stereocenters. The second kappa shape index (κ2) is 19.5. The highest BCUT2D eigenvalue weighted by molar-refractivity contribution is 7.71. The molecule has 376 valence electrons. The van der Waals surface area contributed by atoms with Gasteiger partial charge in [-0.25, -0.2) is 19.9 Å². The van der Waals surface area contributed by atoms with Crippen molar-refractivity contribution in [3.05, 3.63) is 82.3 Å². The minimum Gasteiger partial charge on any atom is -0.502 e. The van der Waals surface area contributed by atoms with Crippen LogP contribution in [-0.4, -0.2) is 132 Å². The summed E-state index contributed by atoms with van der Waals surface area (Å²) in [5.74, 6) is -0.229. The first-order chi connectivity index (χ1) is 34.7. The Labute approximate surface area is 412 Å². The lowest BCUT2D eigenvalue weighted by Crippen LogP contribution is -2.63. The molecule has 12 rings (SSSR count). The zero-order valence-corrected chi connectivity index (χ0v) is 39.3. The van der Waals surface area contributed by atoms with Crippen molar-refractivity contribution in [2.75, 3.05) is 57.2 Å². The number of ether oxygens (including phenoxy) is 9. The number of nitrogens with two attached hydrogens (primary N) is 4. The smallest absolute Gasteiger partial charge is 0.310 e. The largest absolute Gasteiger partial charge is 0.502 e. The van der Waals surface area contributed by atoms with Gasteiger partial charge in [-0.1, -0.05) is 42.5 Å². The van der Waals surface area contributed by atoms with Gasteiger partial charge in [0.2, 0.25) is 24.4 Å². The van der Waals surface area contributed by atoms with Crippen LogP contribution in [-0.2, 0) is 28.5 Å². The van der Waals surface area contributed by atoms with Crippen molar-refractivity contribution in [3.63, 3.8) is 0 Å². The zero-order chi connectivity index (χ0) is 50.5. The first kappa shape index (κ1) is 47.9. The molecule has 25 nitrogen and oxygen atoms in total. The van der Waals surface area contributed by atoms with Crippen LogP contribution in [0.3, 0.4) is 0 Å². The van der Waals surface area contributed by atoms with Crippen molar-refractivity contribution in [3.8, 4) is 40.0 Å². The minimum atomic E-state index is -1.44. The molecule has 5 aliphatic rings.